The highest BCUT2D eigenvalue weighted by Crippen LogP contribution is 2.38. The minimum absolute atomic E-state index is 0.00518. The van der Waals surface area contributed by atoms with Crippen LogP contribution in [0.3, 0.4) is 0 Å². The van der Waals surface area contributed by atoms with E-state index in [1.54, 1.807) is 59.9 Å². The Kier molecular flexibility index (Phi) is 30.1. The molecule has 0 heterocycles. The van der Waals surface area contributed by atoms with Crippen LogP contribution < -0.4 is 21.3 Å². The molecule has 0 saturated heterocycles. The van der Waals surface area contributed by atoms with Gasteiger partial charge < -0.3 is 26.4 Å². The number of aliphatic carboxylic acids is 1. The predicted molar refractivity (Wildman–Crippen MR) is 389 cm³/mol. The van der Waals surface area contributed by atoms with Gasteiger partial charge >= 0.3 is 5.97 Å². The van der Waals surface area contributed by atoms with E-state index in [1.807, 2.05) is 85.0 Å². The molecule has 0 bridgehead atoms. The van der Waals surface area contributed by atoms with Gasteiger partial charge in [0.05, 0.1) is 21.0 Å². The van der Waals surface area contributed by atoms with Crippen molar-refractivity contribution in [2.24, 2.45) is 11.8 Å². The lowest BCUT2D eigenvalue weighted by Gasteiger charge is -2.25. The second-order valence-corrected chi connectivity index (χ2v) is 29.8. The normalized spacial score (nSPS) is 15.2. The summed E-state index contributed by atoms with van der Waals surface area (Å²) in [6.45, 7) is 4.04. The van der Waals surface area contributed by atoms with Gasteiger partial charge in [-0.1, -0.05) is 98.1 Å². The Labute approximate surface area is 599 Å². The van der Waals surface area contributed by atoms with Crippen molar-refractivity contribution in [2.75, 3.05) is 32.8 Å². The van der Waals surface area contributed by atoms with Crippen molar-refractivity contribution in [1.82, 2.24) is 0 Å². The average molecular weight is 1480 g/mol. The molecule has 0 aromatic heterocycles. The van der Waals surface area contributed by atoms with Gasteiger partial charge in [-0.2, -0.15) is 0 Å². The van der Waals surface area contributed by atoms with Crippen LogP contribution in [-0.4, -0.2) is 56.7 Å². The lowest BCUT2D eigenvalue weighted by atomic mass is 9.83. The van der Waals surface area contributed by atoms with E-state index in [0.717, 1.165) is 68.0 Å². The van der Waals surface area contributed by atoms with Crippen LogP contribution in [-0.2, 0) is 4.79 Å². The van der Waals surface area contributed by atoms with E-state index in [0.29, 0.717) is 68.6 Å². The molecule has 0 unspecified atom stereocenters. The number of amides is 4. The largest absolute Gasteiger partial charge is 0.481 e. The number of aryl methyl sites for hydroxylation is 1. The summed E-state index contributed by atoms with van der Waals surface area (Å²) in [5, 5.41) is 21.0. The predicted octanol–water partition coefficient (Wildman–Crippen LogP) is 22.8. The number of carbonyl (C=O) groups excluding carboxylic acids is 4. The molecule has 8 aromatic rings. The summed E-state index contributed by atoms with van der Waals surface area (Å²) in [7, 11) is 0. The first kappa shape index (κ1) is 76.7. The lowest BCUT2D eigenvalue weighted by molar-refractivity contribution is -0.143. The van der Waals surface area contributed by atoms with Gasteiger partial charge in [0.2, 0.25) is 0 Å². The van der Waals surface area contributed by atoms with E-state index in [4.69, 9.17) is 39.9 Å². The van der Waals surface area contributed by atoms with Crippen molar-refractivity contribution in [2.45, 2.75) is 134 Å². The fourth-order valence-electron chi connectivity index (χ4n) is 10.8. The highest BCUT2D eigenvalue weighted by atomic mass is 35.5. The maximum Gasteiger partial charge on any atom is 0.306 e. The van der Waals surface area contributed by atoms with E-state index in [1.165, 1.54) is 112 Å². The maximum absolute atomic E-state index is 13.4. The minimum Gasteiger partial charge on any atom is -0.481 e. The van der Waals surface area contributed by atoms with Crippen molar-refractivity contribution in [3.8, 4) is 0 Å². The van der Waals surface area contributed by atoms with Crippen LogP contribution in [0.4, 0.5) is 49.1 Å². The Bertz CT molecular complexity index is 4060. The fourth-order valence-corrected chi connectivity index (χ4v) is 16.0. The van der Waals surface area contributed by atoms with E-state index < -0.39 is 46.8 Å². The summed E-state index contributed by atoms with van der Waals surface area (Å²) in [6.07, 6.45) is 15.7. The molecule has 0 atom stereocenters. The van der Waals surface area contributed by atoms with Crippen molar-refractivity contribution in [3.63, 3.8) is 0 Å². The van der Waals surface area contributed by atoms with Gasteiger partial charge in [0.1, 0.15) is 17.5 Å². The SMILES string of the molecule is CCCSc1cccc(C(=O)Nc2ccc(F)c(Cl)c2)c1.Cc1ccc(C(=O)Nc2cc(F)c(F)c(F)c2)cc1SCC1CCC(C(=O)O)CC1.O=C(Nc1ccc(F)c(Cl)c1)c1cccc(SC2CCCC2)c1.O=C(Nc1ccc(F)c(Cl)c1)c1cccc(SC2CCCCC2)c1. The average Bonchev–Trinajstić information content (AvgIpc) is 1.12. The first-order valence-corrected chi connectivity index (χ1v) is 36.9. The Morgan fingerprint density at radius 2 is 0.837 bits per heavy atom. The molecule has 5 N–H and O–H groups in total. The number of halogens is 9. The number of anilines is 4. The summed E-state index contributed by atoms with van der Waals surface area (Å²) in [4.78, 5) is 64.7. The fraction of sp³-hybridized carbons (Fsp3) is 0.293. The molecule has 4 amide bonds. The molecule has 23 heteroatoms. The quantitative estimate of drug-likeness (QED) is 0.0300. The third kappa shape index (κ3) is 24.1. The first-order valence-electron chi connectivity index (χ1n) is 32.1. The molecular weight excluding hydrogens is 1400 g/mol. The first-order chi connectivity index (χ1) is 47.1. The van der Waals surface area contributed by atoms with E-state index in [9.17, 15) is 50.3 Å². The van der Waals surface area contributed by atoms with Crippen LogP contribution >= 0.6 is 81.9 Å². The van der Waals surface area contributed by atoms with Crippen LogP contribution in [0.2, 0.25) is 15.1 Å². The third-order valence-corrected chi connectivity index (χ3v) is 22.2. The number of thioether (sulfide) groups is 4. The van der Waals surface area contributed by atoms with Gasteiger partial charge in [-0.15, -0.1) is 47.0 Å². The third-order valence-electron chi connectivity index (χ3n) is 16.1. The smallest absolute Gasteiger partial charge is 0.306 e. The van der Waals surface area contributed by atoms with Crippen molar-refractivity contribution < 1.29 is 55.4 Å². The van der Waals surface area contributed by atoms with Gasteiger partial charge in [0, 0.05) is 93.0 Å². The van der Waals surface area contributed by atoms with Crippen molar-refractivity contribution in [3.05, 3.63) is 236 Å². The zero-order valence-corrected chi connectivity index (χ0v) is 59.2. The van der Waals surface area contributed by atoms with Gasteiger partial charge in [0.25, 0.3) is 23.6 Å². The van der Waals surface area contributed by atoms with Gasteiger partial charge in [0.15, 0.2) is 17.5 Å². The van der Waals surface area contributed by atoms with Gasteiger partial charge in [-0.25, -0.2) is 26.3 Å². The summed E-state index contributed by atoms with van der Waals surface area (Å²) >= 11 is 24.2. The Hall–Kier alpha value is -7.04. The Morgan fingerprint density at radius 1 is 0.439 bits per heavy atom. The zero-order valence-electron chi connectivity index (χ0n) is 53.7. The summed E-state index contributed by atoms with van der Waals surface area (Å²) in [5.74, 6) is -5.78. The van der Waals surface area contributed by atoms with Gasteiger partial charge in [-0.3, -0.25) is 24.0 Å². The van der Waals surface area contributed by atoms with Crippen molar-refractivity contribution in [1.29, 1.82) is 0 Å². The monoisotopic (exact) mass is 1470 g/mol. The van der Waals surface area contributed by atoms with Crippen LogP contribution in [0.15, 0.2) is 177 Å². The van der Waals surface area contributed by atoms with Crippen LogP contribution in [0.1, 0.15) is 144 Å². The molecule has 3 saturated carbocycles. The molecule has 3 fully saturated rings. The number of benzene rings is 8. The van der Waals surface area contributed by atoms with Crippen LogP contribution in [0.25, 0.3) is 0 Å². The molecule has 98 heavy (non-hydrogen) atoms. The standard InChI is InChI=1S/C22H22F3NO3S.C19H19ClFNOS.C18H17ClFNOS.C16H15ClFNOS/c1-12-2-5-15(21(27)26-16-9-17(23)20(25)18(24)10-16)8-19(12)30-11-13-3-6-14(7-4-13)22(28)29;20-17-12-14(9-10-18(17)21)22-19(23)13-5-4-8-16(11-13)24-15-6-2-1-3-7-15;19-16-11-13(8-9-17(16)20)21-18(22)12-4-3-7-15(10-12)23-14-5-1-2-6-14;1-2-8-21-13-5-3-4-11(9-13)16(20)19-12-6-7-15(18)14(17)10-12/h2,5,8-10,13-14H,3-4,6-7,11H2,1H3,(H,26,27)(H,28,29);4-5,8-12,15H,1-3,6-7H2,(H,22,23);3-4,7-11,14H,1-2,5-6H2,(H,21,22);3-7,9-10H,2,8H2,1H3,(H,19,20). The number of rotatable bonds is 19. The molecule has 0 spiro atoms. The second-order valence-electron chi connectivity index (χ2n) is 23.6. The van der Waals surface area contributed by atoms with Crippen LogP contribution in [0, 0.1) is 53.7 Å². The van der Waals surface area contributed by atoms with E-state index in [-0.39, 0.29) is 44.4 Å². The topological polar surface area (TPSA) is 154 Å². The minimum atomic E-state index is -1.58. The number of carboxylic acid groups (broad SMARTS) is 1. The molecule has 3 aliphatic rings. The van der Waals surface area contributed by atoms with E-state index in [2.05, 4.69) is 28.2 Å². The highest BCUT2D eigenvalue weighted by Gasteiger charge is 2.27. The molecule has 8 aromatic carbocycles. The van der Waals surface area contributed by atoms with Gasteiger partial charge in [-0.05, 0) is 203 Å². The highest BCUT2D eigenvalue weighted by molar-refractivity contribution is 8.00. The van der Waals surface area contributed by atoms with E-state index >= 15 is 0 Å². The number of hydrogen-bond acceptors (Lipinski definition) is 9. The molecule has 3 aliphatic carbocycles. The number of nitrogens with one attached hydrogen (secondary N) is 4. The van der Waals surface area contributed by atoms with Crippen LogP contribution in [0.5, 0.6) is 0 Å². The molecule has 516 valence electrons. The lowest BCUT2D eigenvalue weighted by Crippen LogP contribution is -2.22. The summed E-state index contributed by atoms with van der Waals surface area (Å²) in [5.41, 5.74) is 4.34. The number of carbonyl (C=O) groups is 5. The molecular formula is C75H73Cl3F6N4O6S4. The maximum atomic E-state index is 13.4. The second kappa shape index (κ2) is 38.5. The molecule has 0 aliphatic heterocycles. The Morgan fingerprint density at radius 3 is 1.26 bits per heavy atom. The molecule has 11 rings (SSSR count). The summed E-state index contributed by atoms with van der Waals surface area (Å²) in [6, 6.07) is 41.7. The zero-order chi connectivity index (χ0) is 70.3. The number of carboxylic acids is 1. The Balaban J connectivity index is 0.000000168. The molecule has 0 radical (unpaired) electrons. The molecule has 10 nitrogen and oxygen atoms in total. The number of hydrogen-bond donors (Lipinski definition) is 5. The summed E-state index contributed by atoms with van der Waals surface area (Å²) < 4.78 is 79.2. The van der Waals surface area contributed by atoms with Crippen molar-refractivity contribution >= 4 is 134 Å².